The number of carboxylic acids is 1. The Bertz CT molecular complexity index is 596. The number of fused-ring (bicyclic) bond motifs is 1. The van der Waals surface area contributed by atoms with Crippen LogP contribution in [0.1, 0.15) is 29.1 Å². The number of carbonyl (C=O) groups is 1. The van der Waals surface area contributed by atoms with Gasteiger partial charge < -0.3 is 10.2 Å². The van der Waals surface area contributed by atoms with E-state index in [0.717, 1.165) is 0 Å². The number of rotatable bonds is 2. The molecule has 0 radical (unpaired) electrons. The number of aromatic nitrogens is 1. The number of hydrogen-bond acceptors (Lipinski definition) is 3. The van der Waals surface area contributed by atoms with Crippen LogP contribution in [0.5, 0.6) is 0 Å². The number of aromatic carboxylic acids is 1. The Hall–Kier alpha value is -2.01. The summed E-state index contributed by atoms with van der Waals surface area (Å²) in [4.78, 5) is 14.6. The van der Waals surface area contributed by atoms with Crippen molar-refractivity contribution in [2.24, 2.45) is 0 Å². The van der Waals surface area contributed by atoms with Gasteiger partial charge in [-0.25, -0.2) is 14.2 Å². The molecule has 0 fully saturated rings. The lowest BCUT2D eigenvalue weighted by atomic mass is 10.0. The first kappa shape index (κ1) is 11.5. The Kier molecular flexibility index (Phi) is 2.77. The second-order valence-corrected chi connectivity index (χ2v) is 3.71. The maximum Gasteiger partial charge on any atom is 0.354 e. The number of halogens is 1. The van der Waals surface area contributed by atoms with Crippen molar-refractivity contribution < 1.29 is 19.4 Å². The monoisotopic (exact) mass is 235 g/mol. The van der Waals surface area contributed by atoms with Crippen molar-refractivity contribution in [3.05, 3.63) is 41.3 Å². The van der Waals surface area contributed by atoms with Crippen molar-refractivity contribution in [1.29, 1.82) is 0 Å². The van der Waals surface area contributed by atoms with Crippen molar-refractivity contribution in [3.8, 4) is 0 Å². The zero-order valence-electron chi connectivity index (χ0n) is 9.01. The molecule has 0 aliphatic heterocycles. The number of para-hydroxylation sites is 1. The minimum atomic E-state index is -1.25. The van der Waals surface area contributed by atoms with Gasteiger partial charge in [-0.05, 0) is 24.6 Å². The van der Waals surface area contributed by atoms with E-state index < -0.39 is 17.9 Å². The third-order valence-corrected chi connectivity index (χ3v) is 2.49. The van der Waals surface area contributed by atoms with Gasteiger partial charge in [0.1, 0.15) is 17.0 Å². The molecule has 88 valence electrons. The number of aliphatic hydroxyl groups excluding tert-OH is 1. The first-order chi connectivity index (χ1) is 8.00. The molecule has 1 aromatic carbocycles. The van der Waals surface area contributed by atoms with Crippen molar-refractivity contribution in [2.75, 3.05) is 0 Å². The van der Waals surface area contributed by atoms with Crippen LogP contribution in [0.3, 0.4) is 0 Å². The molecule has 5 heteroatoms. The molecule has 17 heavy (non-hydrogen) atoms. The van der Waals surface area contributed by atoms with Crippen LogP contribution < -0.4 is 0 Å². The van der Waals surface area contributed by atoms with E-state index in [1.165, 1.54) is 25.1 Å². The number of carboxylic acid groups (broad SMARTS) is 1. The van der Waals surface area contributed by atoms with Crippen LogP contribution >= 0.6 is 0 Å². The van der Waals surface area contributed by atoms with E-state index in [9.17, 15) is 14.3 Å². The van der Waals surface area contributed by atoms with Gasteiger partial charge in [-0.15, -0.1) is 0 Å². The summed E-state index contributed by atoms with van der Waals surface area (Å²) in [5.41, 5.74) is 0.0358. The molecular weight excluding hydrogens is 225 g/mol. The fourth-order valence-electron chi connectivity index (χ4n) is 1.69. The molecule has 1 unspecified atom stereocenters. The van der Waals surface area contributed by atoms with Crippen LogP contribution in [-0.4, -0.2) is 21.2 Å². The quantitative estimate of drug-likeness (QED) is 0.836. The van der Waals surface area contributed by atoms with Crippen LogP contribution in [0.2, 0.25) is 0 Å². The highest BCUT2D eigenvalue weighted by molar-refractivity contribution is 5.91. The van der Waals surface area contributed by atoms with Crippen LogP contribution in [-0.2, 0) is 0 Å². The zero-order valence-corrected chi connectivity index (χ0v) is 9.01. The van der Waals surface area contributed by atoms with E-state index in [4.69, 9.17) is 5.11 Å². The maximum absolute atomic E-state index is 13.5. The van der Waals surface area contributed by atoms with E-state index >= 15 is 0 Å². The van der Waals surface area contributed by atoms with Gasteiger partial charge in [0, 0.05) is 5.39 Å². The second kappa shape index (κ2) is 4.10. The molecule has 4 nitrogen and oxygen atoms in total. The summed E-state index contributed by atoms with van der Waals surface area (Å²) in [6, 6.07) is 5.55. The SMILES string of the molecule is CC(O)c1cc(C(=O)O)nc2c(F)cccc12. The molecule has 0 bridgehead atoms. The van der Waals surface area contributed by atoms with E-state index in [0.29, 0.717) is 10.9 Å². The van der Waals surface area contributed by atoms with Gasteiger partial charge in [-0.2, -0.15) is 0 Å². The molecular formula is C12H10FNO3. The summed E-state index contributed by atoms with van der Waals surface area (Å²) in [7, 11) is 0. The lowest BCUT2D eigenvalue weighted by molar-refractivity contribution is 0.0690. The third-order valence-electron chi connectivity index (χ3n) is 2.49. The van der Waals surface area contributed by atoms with E-state index in [2.05, 4.69) is 4.98 Å². The highest BCUT2D eigenvalue weighted by Gasteiger charge is 2.15. The van der Waals surface area contributed by atoms with Gasteiger partial charge in [0.05, 0.1) is 6.10 Å². The molecule has 2 aromatic rings. The molecule has 2 N–H and O–H groups in total. The molecule has 1 aromatic heterocycles. The van der Waals surface area contributed by atoms with Crippen LogP contribution in [0, 0.1) is 5.82 Å². The average molecular weight is 235 g/mol. The first-order valence-corrected chi connectivity index (χ1v) is 5.01. The summed E-state index contributed by atoms with van der Waals surface area (Å²) in [6.07, 6.45) is -0.889. The Morgan fingerprint density at radius 3 is 2.76 bits per heavy atom. The number of aliphatic hydroxyl groups is 1. The largest absolute Gasteiger partial charge is 0.477 e. The smallest absolute Gasteiger partial charge is 0.354 e. The van der Waals surface area contributed by atoms with Crippen LogP contribution in [0.15, 0.2) is 24.3 Å². The minimum Gasteiger partial charge on any atom is -0.477 e. The Balaban J connectivity index is 2.86. The first-order valence-electron chi connectivity index (χ1n) is 5.01. The lowest BCUT2D eigenvalue weighted by Gasteiger charge is -2.10. The molecule has 0 aliphatic carbocycles. The molecule has 0 aliphatic rings. The van der Waals surface area contributed by atoms with Gasteiger partial charge in [-0.1, -0.05) is 12.1 Å². The zero-order chi connectivity index (χ0) is 12.6. The number of nitrogens with zero attached hydrogens (tertiary/aromatic N) is 1. The number of benzene rings is 1. The average Bonchev–Trinajstić information content (AvgIpc) is 2.28. The van der Waals surface area contributed by atoms with Crippen molar-refractivity contribution >= 4 is 16.9 Å². The molecule has 1 atom stereocenters. The fourth-order valence-corrected chi connectivity index (χ4v) is 1.69. The summed E-state index contributed by atoms with van der Waals surface area (Å²) in [5.74, 6) is -1.86. The predicted molar refractivity (Wildman–Crippen MR) is 59.3 cm³/mol. The topological polar surface area (TPSA) is 70.4 Å². The van der Waals surface area contributed by atoms with Gasteiger partial charge in [0.2, 0.25) is 0 Å². The highest BCUT2D eigenvalue weighted by atomic mass is 19.1. The molecule has 1 heterocycles. The van der Waals surface area contributed by atoms with Gasteiger partial charge in [0.15, 0.2) is 0 Å². The van der Waals surface area contributed by atoms with Gasteiger partial charge in [0.25, 0.3) is 0 Å². The Morgan fingerprint density at radius 1 is 1.47 bits per heavy atom. The normalized spacial score (nSPS) is 12.6. The van der Waals surface area contributed by atoms with Gasteiger partial charge >= 0.3 is 5.97 Å². The summed E-state index contributed by atoms with van der Waals surface area (Å²) in [5, 5.41) is 18.9. The Labute approximate surface area is 96.3 Å². The van der Waals surface area contributed by atoms with E-state index in [1.54, 1.807) is 6.07 Å². The highest BCUT2D eigenvalue weighted by Crippen LogP contribution is 2.25. The molecule has 0 amide bonds. The molecule has 0 saturated carbocycles. The lowest BCUT2D eigenvalue weighted by Crippen LogP contribution is -2.05. The third kappa shape index (κ3) is 1.97. The summed E-state index contributed by atoms with van der Waals surface area (Å²) >= 11 is 0. The maximum atomic E-state index is 13.5. The van der Waals surface area contributed by atoms with Crippen molar-refractivity contribution in [1.82, 2.24) is 4.98 Å². The molecule has 2 rings (SSSR count). The van der Waals surface area contributed by atoms with Crippen LogP contribution in [0.25, 0.3) is 10.9 Å². The van der Waals surface area contributed by atoms with E-state index in [-0.39, 0.29) is 11.2 Å². The second-order valence-electron chi connectivity index (χ2n) is 3.71. The molecule has 0 saturated heterocycles. The predicted octanol–water partition coefficient (Wildman–Crippen LogP) is 2.13. The summed E-state index contributed by atoms with van der Waals surface area (Å²) in [6.45, 7) is 1.49. The van der Waals surface area contributed by atoms with Gasteiger partial charge in [-0.3, -0.25) is 0 Å². The number of pyridine rings is 1. The fraction of sp³-hybridized carbons (Fsp3) is 0.167. The van der Waals surface area contributed by atoms with E-state index in [1.807, 2.05) is 0 Å². The van der Waals surface area contributed by atoms with Crippen LogP contribution in [0.4, 0.5) is 4.39 Å². The van der Waals surface area contributed by atoms with Crippen molar-refractivity contribution in [3.63, 3.8) is 0 Å². The standard InChI is InChI=1S/C12H10FNO3/c1-6(15)8-5-10(12(16)17)14-11-7(8)3-2-4-9(11)13/h2-6,15H,1H3,(H,16,17). The summed E-state index contributed by atoms with van der Waals surface area (Å²) < 4.78 is 13.5. The molecule has 0 spiro atoms. The number of hydrogen-bond donors (Lipinski definition) is 2. The minimum absolute atomic E-state index is 0.0386. The Morgan fingerprint density at radius 2 is 2.18 bits per heavy atom. The van der Waals surface area contributed by atoms with Crippen molar-refractivity contribution in [2.45, 2.75) is 13.0 Å².